The summed E-state index contributed by atoms with van der Waals surface area (Å²) in [5, 5.41) is 9.13. The highest BCUT2D eigenvalue weighted by atomic mass is 79.9. The van der Waals surface area contributed by atoms with Crippen molar-refractivity contribution in [1.29, 1.82) is 0 Å². The lowest BCUT2D eigenvalue weighted by Crippen LogP contribution is -2.53. The van der Waals surface area contributed by atoms with E-state index in [-0.39, 0.29) is 5.41 Å². The van der Waals surface area contributed by atoms with E-state index < -0.39 is 11.9 Å². The number of carboxylic acids is 1. The molecule has 1 aromatic carbocycles. The van der Waals surface area contributed by atoms with E-state index in [0.29, 0.717) is 13.2 Å². The van der Waals surface area contributed by atoms with Crippen LogP contribution >= 0.6 is 15.9 Å². The molecule has 4 heteroatoms. The molecule has 1 saturated heterocycles. The van der Waals surface area contributed by atoms with E-state index in [0.717, 1.165) is 10.0 Å². The number of carboxylic acid groups (broad SMARTS) is 1. The summed E-state index contributed by atoms with van der Waals surface area (Å²) in [7, 11) is 0. The minimum Gasteiger partial charge on any atom is -0.481 e. The van der Waals surface area contributed by atoms with Crippen LogP contribution in [0.4, 0.5) is 0 Å². The van der Waals surface area contributed by atoms with Crippen molar-refractivity contribution in [2.75, 3.05) is 13.2 Å². The van der Waals surface area contributed by atoms with Crippen LogP contribution in [0.15, 0.2) is 28.7 Å². The SMILES string of the molecule is CC(C(=O)O)C1(c2ccc(Br)cc2)COC1. The first-order valence-corrected chi connectivity index (χ1v) is 5.92. The molecule has 16 heavy (non-hydrogen) atoms. The molecule has 0 aliphatic carbocycles. The largest absolute Gasteiger partial charge is 0.481 e. The van der Waals surface area contributed by atoms with Gasteiger partial charge in [0.25, 0.3) is 0 Å². The van der Waals surface area contributed by atoms with Crippen molar-refractivity contribution < 1.29 is 14.6 Å². The van der Waals surface area contributed by atoms with Gasteiger partial charge in [-0.15, -0.1) is 0 Å². The summed E-state index contributed by atoms with van der Waals surface area (Å²) in [5.41, 5.74) is 0.684. The third-order valence-corrected chi connectivity index (χ3v) is 3.87. The van der Waals surface area contributed by atoms with Crippen molar-refractivity contribution in [2.24, 2.45) is 5.92 Å². The Labute approximate surface area is 103 Å². The summed E-state index contributed by atoms with van der Waals surface area (Å²) < 4.78 is 6.21. The second-order valence-electron chi connectivity index (χ2n) is 4.22. The number of carbonyl (C=O) groups is 1. The van der Waals surface area contributed by atoms with Crippen molar-refractivity contribution in [2.45, 2.75) is 12.3 Å². The minimum atomic E-state index is -0.772. The fraction of sp³-hybridized carbons (Fsp3) is 0.417. The molecule has 3 nitrogen and oxygen atoms in total. The van der Waals surface area contributed by atoms with Gasteiger partial charge in [-0.3, -0.25) is 4.79 Å². The molecule has 86 valence electrons. The van der Waals surface area contributed by atoms with Crippen LogP contribution in [0.3, 0.4) is 0 Å². The van der Waals surface area contributed by atoms with E-state index in [1.165, 1.54) is 0 Å². The van der Waals surface area contributed by atoms with Gasteiger partial charge in [-0.05, 0) is 17.7 Å². The fourth-order valence-corrected chi connectivity index (χ4v) is 2.27. The van der Waals surface area contributed by atoms with E-state index in [1.54, 1.807) is 6.92 Å². The molecule has 0 amide bonds. The van der Waals surface area contributed by atoms with Crippen molar-refractivity contribution in [1.82, 2.24) is 0 Å². The monoisotopic (exact) mass is 284 g/mol. The maximum absolute atomic E-state index is 11.1. The normalized spacial score (nSPS) is 19.9. The average molecular weight is 285 g/mol. The Kier molecular flexibility index (Phi) is 3.04. The number of halogens is 1. The van der Waals surface area contributed by atoms with Gasteiger partial charge in [-0.2, -0.15) is 0 Å². The first kappa shape index (κ1) is 11.6. The van der Waals surface area contributed by atoms with Crippen molar-refractivity contribution in [3.8, 4) is 0 Å². The van der Waals surface area contributed by atoms with Gasteiger partial charge in [-0.1, -0.05) is 35.0 Å². The standard InChI is InChI=1S/C12H13BrO3/c1-8(11(14)15)12(6-16-7-12)9-2-4-10(13)5-3-9/h2-5,8H,6-7H2,1H3,(H,14,15). The average Bonchev–Trinajstić information content (AvgIpc) is 2.19. The molecule has 2 rings (SSSR count). The lowest BCUT2D eigenvalue weighted by atomic mass is 9.69. The topological polar surface area (TPSA) is 46.5 Å². The molecule has 0 aromatic heterocycles. The molecule has 1 atom stereocenters. The molecule has 0 radical (unpaired) electrons. The van der Waals surface area contributed by atoms with Gasteiger partial charge in [-0.25, -0.2) is 0 Å². The molecule has 1 unspecified atom stereocenters. The summed E-state index contributed by atoms with van der Waals surface area (Å²) in [6.07, 6.45) is 0. The van der Waals surface area contributed by atoms with Gasteiger partial charge in [0.05, 0.1) is 24.5 Å². The van der Waals surface area contributed by atoms with Gasteiger partial charge in [0, 0.05) is 4.47 Å². The predicted molar refractivity (Wildman–Crippen MR) is 63.4 cm³/mol. The zero-order valence-corrected chi connectivity index (χ0v) is 10.5. The summed E-state index contributed by atoms with van der Waals surface area (Å²) in [6, 6.07) is 7.80. The number of ether oxygens (including phenoxy) is 1. The maximum atomic E-state index is 11.1. The van der Waals surface area contributed by atoms with Crippen molar-refractivity contribution in [3.05, 3.63) is 34.3 Å². The Balaban J connectivity index is 2.34. The van der Waals surface area contributed by atoms with Crippen LogP contribution < -0.4 is 0 Å². The van der Waals surface area contributed by atoms with Gasteiger partial charge < -0.3 is 9.84 Å². The molecule has 0 spiro atoms. The quantitative estimate of drug-likeness (QED) is 0.927. The van der Waals surface area contributed by atoms with Crippen molar-refractivity contribution >= 4 is 21.9 Å². The van der Waals surface area contributed by atoms with Gasteiger partial charge in [0.2, 0.25) is 0 Å². The Morgan fingerprint density at radius 1 is 1.44 bits per heavy atom. The highest BCUT2D eigenvalue weighted by molar-refractivity contribution is 9.10. The minimum absolute atomic E-state index is 0.355. The third-order valence-electron chi connectivity index (χ3n) is 3.34. The van der Waals surface area contributed by atoms with Gasteiger partial charge in [0.15, 0.2) is 0 Å². The van der Waals surface area contributed by atoms with Crippen LogP contribution in [0.25, 0.3) is 0 Å². The lowest BCUT2D eigenvalue weighted by Gasteiger charge is -2.44. The molecule has 1 aromatic rings. The summed E-state index contributed by atoms with van der Waals surface area (Å²) in [4.78, 5) is 11.1. The molecule has 0 bridgehead atoms. The molecule has 1 N–H and O–H groups in total. The Morgan fingerprint density at radius 3 is 2.38 bits per heavy atom. The number of rotatable bonds is 3. The lowest BCUT2D eigenvalue weighted by molar-refractivity contribution is -0.155. The smallest absolute Gasteiger partial charge is 0.307 e. The number of hydrogen-bond donors (Lipinski definition) is 1. The molecular weight excluding hydrogens is 272 g/mol. The van der Waals surface area contributed by atoms with E-state index in [2.05, 4.69) is 15.9 Å². The van der Waals surface area contributed by atoms with E-state index >= 15 is 0 Å². The van der Waals surface area contributed by atoms with Crippen molar-refractivity contribution in [3.63, 3.8) is 0 Å². The van der Waals surface area contributed by atoms with E-state index in [1.807, 2.05) is 24.3 Å². The molecular formula is C12H13BrO3. The molecule has 1 fully saturated rings. The van der Waals surface area contributed by atoms with Crippen LogP contribution in [0.2, 0.25) is 0 Å². The van der Waals surface area contributed by atoms with Gasteiger partial charge in [0.1, 0.15) is 0 Å². The van der Waals surface area contributed by atoms with Crippen LogP contribution in [0, 0.1) is 5.92 Å². The zero-order chi connectivity index (χ0) is 11.8. The number of benzene rings is 1. The van der Waals surface area contributed by atoms with E-state index in [4.69, 9.17) is 9.84 Å². The third kappa shape index (κ3) is 1.76. The Hall–Kier alpha value is -0.870. The molecule has 0 saturated carbocycles. The van der Waals surface area contributed by atoms with Crippen LogP contribution in [0.1, 0.15) is 12.5 Å². The summed E-state index contributed by atoms with van der Waals surface area (Å²) >= 11 is 3.37. The maximum Gasteiger partial charge on any atom is 0.307 e. The molecule has 1 aliphatic heterocycles. The highest BCUT2D eigenvalue weighted by Gasteiger charge is 2.48. The van der Waals surface area contributed by atoms with Crippen LogP contribution in [-0.4, -0.2) is 24.3 Å². The number of aliphatic carboxylic acids is 1. The first-order valence-electron chi connectivity index (χ1n) is 5.13. The summed E-state index contributed by atoms with van der Waals surface area (Å²) in [6.45, 7) is 2.72. The number of hydrogen-bond acceptors (Lipinski definition) is 2. The second-order valence-corrected chi connectivity index (χ2v) is 5.13. The zero-order valence-electron chi connectivity index (χ0n) is 8.94. The van der Waals surface area contributed by atoms with Crippen LogP contribution in [-0.2, 0) is 14.9 Å². The molecule has 1 heterocycles. The van der Waals surface area contributed by atoms with Gasteiger partial charge >= 0.3 is 5.97 Å². The predicted octanol–water partition coefficient (Wildman–Crippen LogP) is 2.44. The fourth-order valence-electron chi connectivity index (χ4n) is 2.01. The second kappa shape index (κ2) is 4.18. The Morgan fingerprint density at radius 2 is 2.00 bits per heavy atom. The Bertz CT molecular complexity index is 395. The highest BCUT2D eigenvalue weighted by Crippen LogP contribution is 2.39. The van der Waals surface area contributed by atoms with Crippen LogP contribution in [0.5, 0.6) is 0 Å². The first-order chi connectivity index (χ1) is 7.56. The van der Waals surface area contributed by atoms with E-state index in [9.17, 15) is 4.79 Å². The molecule has 1 aliphatic rings. The summed E-state index contributed by atoms with van der Waals surface area (Å²) in [5.74, 6) is -1.20.